The molecule has 0 spiro atoms. The van der Waals surface area contributed by atoms with Crippen molar-refractivity contribution >= 4 is 27.6 Å². The van der Waals surface area contributed by atoms with E-state index in [4.69, 9.17) is 15.6 Å². The van der Waals surface area contributed by atoms with Crippen LogP contribution < -0.4 is 15.8 Å². The number of nitrogens with two attached hydrogens (primary N) is 1. The van der Waals surface area contributed by atoms with Gasteiger partial charge in [0, 0.05) is 12.2 Å². The Labute approximate surface area is 108 Å². The molecule has 17 heavy (non-hydrogen) atoms. The number of carbonyl (C=O) groups is 1. The van der Waals surface area contributed by atoms with Crippen molar-refractivity contribution in [3.8, 4) is 5.75 Å². The van der Waals surface area contributed by atoms with Gasteiger partial charge in [0.05, 0.1) is 11.6 Å². The number of carboxylic acids is 1. The number of rotatable bonds is 6. The van der Waals surface area contributed by atoms with Gasteiger partial charge in [-0.1, -0.05) is 0 Å². The minimum Gasteiger partial charge on any atom is -0.496 e. The molecule has 0 amide bonds. The molecule has 0 aliphatic carbocycles. The van der Waals surface area contributed by atoms with Gasteiger partial charge in [0.15, 0.2) is 0 Å². The molecule has 1 unspecified atom stereocenters. The topological polar surface area (TPSA) is 84.6 Å². The van der Waals surface area contributed by atoms with E-state index >= 15 is 0 Å². The van der Waals surface area contributed by atoms with Crippen LogP contribution in [0.5, 0.6) is 5.75 Å². The number of hydrogen-bond donors (Lipinski definition) is 3. The van der Waals surface area contributed by atoms with Gasteiger partial charge in [0.1, 0.15) is 11.8 Å². The highest BCUT2D eigenvalue weighted by Gasteiger charge is 2.10. The summed E-state index contributed by atoms with van der Waals surface area (Å²) in [5.41, 5.74) is 6.27. The van der Waals surface area contributed by atoms with Gasteiger partial charge >= 0.3 is 5.97 Å². The van der Waals surface area contributed by atoms with Crippen LogP contribution in [0.4, 0.5) is 5.69 Å². The molecular weight excluding hydrogens is 288 g/mol. The third-order valence-electron chi connectivity index (χ3n) is 2.25. The number of aliphatic carboxylic acids is 1. The SMILES string of the molecule is COc1ccc(NCCC(N)C(=O)O)cc1Br. The molecule has 0 radical (unpaired) electrons. The van der Waals surface area contributed by atoms with Crippen LogP contribution in [0.15, 0.2) is 22.7 Å². The summed E-state index contributed by atoms with van der Waals surface area (Å²) in [6.45, 7) is 0.506. The number of anilines is 1. The maximum atomic E-state index is 10.5. The number of methoxy groups -OCH3 is 1. The lowest BCUT2D eigenvalue weighted by Gasteiger charge is -2.10. The van der Waals surface area contributed by atoms with E-state index < -0.39 is 12.0 Å². The molecule has 0 saturated heterocycles. The molecule has 1 rings (SSSR count). The molecule has 1 aromatic rings. The van der Waals surface area contributed by atoms with Crippen molar-refractivity contribution in [2.45, 2.75) is 12.5 Å². The van der Waals surface area contributed by atoms with Crippen LogP contribution >= 0.6 is 15.9 Å². The summed E-state index contributed by atoms with van der Waals surface area (Å²) in [5, 5.41) is 11.7. The Morgan fingerprint density at radius 2 is 2.35 bits per heavy atom. The lowest BCUT2D eigenvalue weighted by Crippen LogP contribution is -2.32. The van der Waals surface area contributed by atoms with Crippen LogP contribution in [0.3, 0.4) is 0 Å². The lowest BCUT2D eigenvalue weighted by atomic mass is 10.2. The van der Waals surface area contributed by atoms with Crippen molar-refractivity contribution in [2.75, 3.05) is 19.0 Å². The van der Waals surface area contributed by atoms with Crippen LogP contribution in [-0.4, -0.2) is 30.8 Å². The highest BCUT2D eigenvalue weighted by molar-refractivity contribution is 9.10. The maximum absolute atomic E-state index is 10.5. The molecule has 94 valence electrons. The summed E-state index contributed by atoms with van der Waals surface area (Å²) in [6.07, 6.45) is 0.374. The van der Waals surface area contributed by atoms with E-state index in [2.05, 4.69) is 21.2 Å². The quantitative estimate of drug-likeness (QED) is 0.744. The predicted molar refractivity (Wildman–Crippen MR) is 69.4 cm³/mol. The second-order valence-corrected chi connectivity index (χ2v) is 4.36. The van der Waals surface area contributed by atoms with Crippen LogP contribution in [0.2, 0.25) is 0 Å². The van der Waals surface area contributed by atoms with E-state index in [1.807, 2.05) is 18.2 Å². The zero-order valence-electron chi connectivity index (χ0n) is 9.44. The second kappa shape index (κ2) is 6.46. The van der Waals surface area contributed by atoms with Gasteiger partial charge < -0.3 is 20.9 Å². The summed E-state index contributed by atoms with van der Waals surface area (Å²) >= 11 is 3.37. The molecule has 0 aliphatic heterocycles. The van der Waals surface area contributed by atoms with Crippen molar-refractivity contribution in [3.05, 3.63) is 22.7 Å². The minimum atomic E-state index is -0.984. The first-order valence-electron chi connectivity index (χ1n) is 5.10. The van der Waals surface area contributed by atoms with E-state index in [1.54, 1.807) is 7.11 Å². The van der Waals surface area contributed by atoms with Crippen LogP contribution in [0, 0.1) is 0 Å². The summed E-state index contributed by atoms with van der Waals surface area (Å²) in [5.74, 6) is -0.236. The molecule has 4 N–H and O–H groups in total. The number of carboxylic acid groups (broad SMARTS) is 1. The highest BCUT2D eigenvalue weighted by atomic mass is 79.9. The molecular formula is C11H15BrN2O3. The average molecular weight is 303 g/mol. The van der Waals surface area contributed by atoms with E-state index in [-0.39, 0.29) is 0 Å². The average Bonchev–Trinajstić information content (AvgIpc) is 2.29. The molecule has 0 heterocycles. The fraction of sp³-hybridized carbons (Fsp3) is 0.364. The standard InChI is InChI=1S/C11H15BrN2O3/c1-17-10-3-2-7(6-8(10)12)14-5-4-9(13)11(15)16/h2-3,6,9,14H,4-5,13H2,1H3,(H,15,16). The molecule has 6 heteroatoms. The van der Waals surface area contributed by atoms with E-state index in [0.29, 0.717) is 13.0 Å². The minimum absolute atomic E-state index is 0.374. The zero-order valence-corrected chi connectivity index (χ0v) is 11.0. The van der Waals surface area contributed by atoms with E-state index in [9.17, 15) is 4.79 Å². The number of halogens is 1. The van der Waals surface area contributed by atoms with Crippen molar-refractivity contribution < 1.29 is 14.6 Å². The Bertz CT molecular complexity index is 398. The highest BCUT2D eigenvalue weighted by Crippen LogP contribution is 2.27. The summed E-state index contributed by atoms with van der Waals surface area (Å²) in [6, 6.07) is 4.72. The summed E-state index contributed by atoms with van der Waals surface area (Å²) in [4.78, 5) is 10.5. The van der Waals surface area contributed by atoms with Crippen LogP contribution in [0.25, 0.3) is 0 Å². The first-order chi connectivity index (χ1) is 8.04. The molecule has 0 fully saturated rings. The normalized spacial score (nSPS) is 11.9. The first kappa shape index (κ1) is 13.8. The number of ether oxygens (including phenoxy) is 1. The zero-order chi connectivity index (χ0) is 12.8. The van der Waals surface area contributed by atoms with Gasteiger partial charge in [-0.2, -0.15) is 0 Å². The smallest absolute Gasteiger partial charge is 0.320 e. The summed E-state index contributed by atoms with van der Waals surface area (Å²) in [7, 11) is 1.60. The van der Waals surface area contributed by atoms with Gasteiger partial charge in [-0.15, -0.1) is 0 Å². The largest absolute Gasteiger partial charge is 0.496 e. The molecule has 0 aliphatic rings. The second-order valence-electron chi connectivity index (χ2n) is 3.51. The Balaban J connectivity index is 2.47. The van der Waals surface area contributed by atoms with Crippen molar-refractivity contribution in [2.24, 2.45) is 5.73 Å². The molecule has 0 aromatic heterocycles. The monoisotopic (exact) mass is 302 g/mol. The number of benzene rings is 1. The Morgan fingerprint density at radius 1 is 1.65 bits per heavy atom. The Hall–Kier alpha value is -1.27. The molecule has 0 bridgehead atoms. The third-order valence-corrected chi connectivity index (χ3v) is 2.87. The van der Waals surface area contributed by atoms with Gasteiger partial charge in [0.2, 0.25) is 0 Å². The lowest BCUT2D eigenvalue weighted by molar-refractivity contribution is -0.138. The fourth-order valence-electron chi connectivity index (χ4n) is 1.27. The summed E-state index contributed by atoms with van der Waals surface area (Å²) < 4.78 is 5.94. The van der Waals surface area contributed by atoms with Gasteiger partial charge in [-0.25, -0.2) is 0 Å². The molecule has 0 saturated carbocycles. The van der Waals surface area contributed by atoms with E-state index in [1.165, 1.54) is 0 Å². The predicted octanol–water partition coefficient (Wildman–Crippen LogP) is 1.67. The molecule has 1 aromatic carbocycles. The van der Waals surface area contributed by atoms with Gasteiger partial charge in [-0.05, 0) is 40.5 Å². The van der Waals surface area contributed by atoms with Crippen molar-refractivity contribution in [1.29, 1.82) is 0 Å². The number of nitrogens with one attached hydrogen (secondary N) is 1. The molecule has 5 nitrogen and oxygen atoms in total. The van der Waals surface area contributed by atoms with Gasteiger partial charge in [0.25, 0.3) is 0 Å². The van der Waals surface area contributed by atoms with Gasteiger partial charge in [-0.3, -0.25) is 4.79 Å². The van der Waals surface area contributed by atoms with E-state index in [0.717, 1.165) is 15.9 Å². The Morgan fingerprint density at radius 3 is 2.88 bits per heavy atom. The van der Waals surface area contributed by atoms with Crippen LogP contribution in [0.1, 0.15) is 6.42 Å². The fourth-order valence-corrected chi connectivity index (χ4v) is 1.81. The third kappa shape index (κ3) is 4.24. The van der Waals surface area contributed by atoms with Crippen molar-refractivity contribution in [3.63, 3.8) is 0 Å². The number of hydrogen-bond acceptors (Lipinski definition) is 4. The van der Waals surface area contributed by atoms with Crippen molar-refractivity contribution in [1.82, 2.24) is 0 Å². The molecule has 1 atom stereocenters. The Kier molecular flexibility index (Phi) is 5.24. The first-order valence-corrected chi connectivity index (χ1v) is 5.89. The maximum Gasteiger partial charge on any atom is 0.320 e. The van der Waals surface area contributed by atoms with Crippen LogP contribution in [-0.2, 0) is 4.79 Å².